The van der Waals surface area contributed by atoms with Crippen molar-refractivity contribution in [3.05, 3.63) is 40.9 Å². The molecular weight excluding hydrogens is 393 g/mol. The number of likely N-dealkylation sites (tertiary alicyclic amines) is 1. The molecule has 0 N–H and O–H groups in total. The van der Waals surface area contributed by atoms with E-state index in [2.05, 4.69) is 20.0 Å². The number of aromatic nitrogens is 5. The number of rotatable bonds is 4. The van der Waals surface area contributed by atoms with Crippen LogP contribution in [0.3, 0.4) is 0 Å². The third-order valence-electron chi connectivity index (χ3n) is 4.51. The Kier molecular flexibility index (Phi) is 4.68. The fourth-order valence-corrected chi connectivity index (χ4v) is 3.13. The van der Waals surface area contributed by atoms with Crippen molar-refractivity contribution in [2.24, 2.45) is 0 Å². The van der Waals surface area contributed by atoms with E-state index >= 15 is 0 Å². The molecule has 0 radical (unpaired) electrons. The summed E-state index contributed by atoms with van der Waals surface area (Å²) in [5.74, 6) is -0.556. The zero-order chi connectivity index (χ0) is 20.6. The van der Waals surface area contributed by atoms with Crippen LogP contribution in [0, 0.1) is 0 Å². The lowest BCUT2D eigenvalue weighted by atomic mass is 10.3. The van der Waals surface area contributed by atoms with E-state index in [9.17, 15) is 22.8 Å². The molecule has 1 amide bonds. The maximum atomic E-state index is 12.6. The van der Waals surface area contributed by atoms with E-state index in [1.54, 1.807) is 4.90 Å². The fraction of sp³-hybridized carbons (Fsp3) is 0.353. The van der Waals surface area contributed by atoms with Gasteiger partial charge in [-0.3, -0.25) is 14.2 Å². The van der Waals surface area contributed by atoms with Crippen molar-refractivity contribution < 1.29 is 22.7 Å². The van der Waals surface area contributed by atoms with Gasteiger partial charge in [-0.05, 0) is 37.1 Å². The van der Waals surface area contributed by atoms with Crippen molar-refractivity contribution in [1.29, 1.82) is 0 Å². The second-order valence-corrected chi connectivity index (χ2v) is 6.48. The molecule has 0 bridgehead atoms. The highest BCUT2D eigenvalue weighted by molar-refractivity contribution is 5.77. The highest BCUT2D eigenvalue weighted by Crippen LogP contribution is 2.24. The molecule has 0 spiro atoms. The van der Waals surface area contributed by atoms with Crippen molar-refractivity contribution in [1.82, 2.24) is 29.4 Å². The van der Waals surface area contributed by atoms with Gasteiger partial charge in [-0.15, -0.1) is 18.3 Å². The monoisotopic (exact) mass is 408 g/mol. The normalized spacial score (nSPS) is 14.5. The van der Waals surface area contributed by atoms with Gasteiger partial charge in [0.15, 0.2) is 11.2 Å². The van der Waals surface area contributed by atoms with Crippen LogP contribution in [0.1, 0.15) is 12.8 Å². The second kappa shape index (κ2) is 7.18. The van der Waals surface area contributed by atoms with Gasteiger partial charge in [0.2, 0.25) is 5.91 Å². The molecule has 3 aromatic rings. The van der Waals surface area contributed by atoms with Gasteiger partial charge in [-0.2, -0.15) is 4.68 Å². The fourth-order valence-electron chi connectivity index (χ4n) is 3.13. The standard InChI is InChI=1S/C17H15F3N6O3/c18-17(19,20)29-12-5-3-11(4-6-12)26-15-14(22-23-26)16(28)25(10-21-15)9-13(27)24-7-1-2-8-24/h3-6,10H,1-2,7-9H2. The zero-order valence-corrected chi connectivity index (χ0v) is 15.0. The van der Waals surface area contributed by atoms with Crippen LogP contribution < -0.4 is 10.3 Å². The van der Waals surface area contributed by atoms with Crippen LogP contribution in [0.2, 0.25) is 0 Å². The maximum absolute atomic E-state index is 12.6. The molecule has 1 aliphatic rings. The van der Waals surface area contributed by atoms with Gasteiger partial charge in [0.25, 0.3) is 5.56 Å². The first-order chi connectivity index (χ1) is 13.8. The van der Waals surface area contributed by atoms with E-state index < -0.39 is 11.9 Å². The van der Waals surface area contributed by atoms with Gasteiger partial charge < -0.3 is 9.64 Å². The largest absolute Gasteiger partial charge is 0.573 e. The topological polar surface area (TPSA) is 95.1 Å². The lowest BCUT2D eigenvalue weighted by Crippen LogP contribution is -2.34. The average molecular weight is 408 g/mol. The van der Waals surface area contributed by atoms with Crippen molar-refractivity contribution in [3.63, 3.8) is 0 Å². The van der Waals surface area contributed by atoms with E-state index in [1.807, 2.05) is 0 Å². The Hall–Kier alpha value is -3.44. The molecule has 29 heavy (non-hydrogen) atoms. The smallest absolute Gasteiger partial charge is 0.406 e. The Balaban J connectivity index is 1.60. The third kappa shape index (κ3) is 3.91. The van der Waals surface area contributed by atoms with Gasteiger partial charge in [0.1, 0.15) is 18.6 Å². The minimum Gasteiger partial charge on any atom is -0.406 e. The predicted molar refractivity (Wildman–Crippen MR) is 93.4 cm³/mol. The van der Waals surface area contributed by atoms with Crippen LogP contribution >= 0.6 is 0 Å². The van der Waals surface area contributed by atoms with Gasteiger partial charge in [0.05, 0.1) is 5.69 Å². The second-order valence-electron chi connectivity index (χ2n) is 6.48. The summed E-state index contributed by atoms with van der Waals surface area (Å²) < 4.78 is 43.0. The van der Waals surface area contributed by atoms with Crippen LogP contribution in [-0.2, 0) is 11.3 Å². The molecule has 1 saturated heterocycles. The molecule has 152 valence electrons. The number of carbonyl (C=O) groups is 1. The van der Waals surface area contributed by atoms with Crippen LogP contribution in [0.15, 0.2) is 35.4 Å². The highest BCUT2D eigenvalue weighted by atomic mass is 19.4. The SMILES string of the molecule is O=C(Cn1cnc2c(nnn2-c2ccc(OC(F)(F)F)cc2)c1=O)N1CCCC1. The van der Waals surface area contributed by atoms with Gasteiger partial charge in [-0.1, -0.05) is 5.21 Å². The molecule has 12 heteroatoms. The summed E-state index contributed by atoms with van der Waals surface area (Å²) in [6.07, 6.45) is -1.67. The predicted octanol–water partition coefficient (Wildman–Crippen LogP) is 1.50. The summed E-state index contributed by atoms with van der Waals surface area (Å²) in [4.78, 5) is 30.7. The van der Waals surface area contributed by atoms with Gasteiger partial charge in [-0.25, -0.2) is 4.98 Å². The Bertz CT molecular complexity index is 1100. The minimum absolute atomic E-state index is 0.0441. The molecule has 0 saturated carbocycles. The molecule has 0 unspecified atom stereocenters. The number of ether oxygens (including phenoxy) is 1. The summed E-state index contributed by atoms with van der Waals surface area (Å²) in [6.45, 7) is 1.21. The van der Waals surface area contributed by atoms with E-state index in [4.69, 9.17) is 0 Å². The van der Waals surface area contributed by atoms with Crippen molar-refractivity contribution in [2.45, 2.75) is 25.7 Å². The van der Waals surface area contributed by atoms with Crippen molar-refractivity contribution in [2.75, 3.05) is 13.1 Å². The summed E-state index contributed by atoms with van der Waals surface area (Å²) in [6, 6.07) is 4.90. The zero-order valence-electron chi connectivity index (χ0n) is 15.0. The van der Waals surface area contributed by atoms with Gasteiger partial charge >= 0.3 is 6.36 Å². The molecule has 3 heterocycles. The Morgan fingerprint density at radius 1 is 1.14 bits per heavy atom. The summed E-state index contributed by atoms with van der Waals surface area (Å²) in [7, 11) is 0. The highest BCUT2D eigenvalue weighted by Gasteiger charge is 2.31. The molecule has 9 nitrogen and oxygen atoms in total. The van der Waals surface area contributed by atoms with Crippen LogP contribution in [0.4, 0.5) is 13.2 Å². The first-order valence-electron chi connectivity index (χ1n) is 8.77. The molecule has 0 aliphatic carbocycles. The number of hydrogen-bond donors (Lipinski definition) is 0. The van der Waals surface area contributed by atoms with Crippen molar-refractivity contribution >= 4 is 17.1 Å². The van der Waals surface area contributed by atoms with E-state index in [1.165, 1.54) is 27.7 Å². The minimum atomic E-state index is -4.79. The summed E-state index contributed by atoms with van der Waals surface area (Å²) >= 11 is 0. The lowest BCUT2D eigenvalue weighted by molar-refractivity contribution is -0.274. The number of benzene rings is 1. The number of carbonyl (C=O) groups excluding carboxylic acids is 1. The van der Waals surface area contributed by atoms with Crippen LogP contribution in [-0.4, -0.2) is 54.8 Å². The van der Waals surface area contributed by atoms with Crippen molar-refractivity contribution in [3.8, 4) is 11.4 Å². The van der Waals surface area contributed by atoms with E-state index in [0.717, 1.165) is 25.0 Å². The lowest BCUT2D eigenvalue weighted by Gasteiger charge is -2.15. The Labute approximate surface area is 161 Å². The van der Waals surface area contributed by atoms with Gasteiger partial charge in [0, 0.05) is 13.1 Å². The molecule has 1 fully saturated rings. The molecule has 0 atom stereocenters. The number of amides is 1. The summed E-state index contributed by atoms with van der Waals surface area (Å²) in [5, 5.41) is 7.68. The molecule has 1 aromatic carbocycles. The number of hydrogen-bond acceptors (Lipinski definition) is 6. The van der Waals surface area contributed by atoms with Crippen LogP contribution in [0.25, 0.3) is 16.9 Å². The van der Waals surface area contributed by atoms with Crippen LogP contribution in [0.5, 0.6) is 5.75 Å². The average Bonchev–Trinajstić information content (AvgIpc) is 3.33. The molecular formula is C17H15F3N6O3. The first kappa shape index (κ1) is 18.9. The molecule has 2 aromatic heterocycles. The quantitative estimate of drug-likeness (QED) is 0.649. The Morgan fingerprint density at radius 3 is 2.48 bits per heavy atom. The number of halogens is 3. The number of fused-ring (bicyclic) bond motifs is 1. The summed E-state index contributed by atoms with van der Waals surface area (Å²) in [5.41, 5.74) is -0.0904. The van der Waals surface area contributed by atoms with E-state index in [0.29, 0.717) is 18.8 Å². The number of nitrogens with zero attached hydrogens (tertiary/aromatic N) is 6. The number of alkyl halides is 3. The molecule has 1 aliphatic heterocycles. The molecule has 4 rings (SSSR count). The first-order valence-corrected chi connectivity index (χ1v) is 8.77. The third-order valence-corrected chi connectivity index (χ3v) is 4.51. The maximum Gasteiger partial charge on any atom is 0.573 e. The Morgan fingerprint density at radius 2 is 1.83 bits per heavy atom. The van der Waals surface area contributed by atoms with E-state index in [-0.39, 0.29) is 29.4 Å².